The Kier molecular flexibility index (Phi) is 4.10. The van der Waals surface area contributed by atoms with Crippen molar-refractivity contribution in [3.05, 3.63) is 47.7 Å². The zero-order chi connectivity index (χ0) is 11.3. The minimum atomic E-state index is 0.0636. The zero-order valence-electron chi connectivity index (χ0n) is 9.53. The Morgan fingerprint density at radius 1 is 1.33 bits per heavy atom. The average molecular weight is 203 g/mol. The van der Waals surface area contributed by atoms with E-state index < -0.39 is 0 Å². The molecule has 0 N–H and O–H groups in total. The van der Waals surface area contributed by atoms with Crippen LogP contribution in [0.15, 0.2) is 36.5 Å². The molecule has 0 fully saturated rings. The van der Waals surface area contributed by atoms with E-state index in [0.29, 0.717) is 6.54 Å². The van der Waals surface area contributed by atoms with Crippen LogP contribution in [0.2, 0.25) is 0 Å². The van der Waals surface area contributed by atoms with Crippen LogP contribution in [0.4, 0.5) is 0 Å². The van der Waals surface area contributed by atoms with Crippen molar-refractivity contribution in [2.24, 2.45) is 0 Å². The third-order valence-electron chi connectivity index (χ3n) is 2.21. The van der Waals surface area contributed by atoms with Gasteiger partial charge in [0.05, 0.1) is 6.54 Å². The van der Waals surface area contributed by atoms with Gasteiger partial charge in [-0.25, -0.2) is 0 Å². The maximum atomic E-state index is 11.3. The Labute approximate surface area is 91.2 Å². The molecule has 0 radical (unpaired) electrons. The van der Waals surface area contributed by atoms with Crippen LogP contribution in [0.5, 0.6) is 0 Å². The molecule has 0 bridgehead atoms. The highest BCUT2D eigenvalue weighted by Gasteiger charge is 2.04. The Bertz CT molecular complexity index is 351. The lowest BCUT2D eigenvalue weighted by atomic mass is 10.1. The number of hydrogen-bond acceptors (Lipinski definition) is 1. The first-order chi connectivity index (χ1) is 7.13. The Morgan fingerprint density at radius 3 is 2.40 bits per heavy atom. The number of allylic oxidation sites excluding steroid dienone is 1. The lowest BCUT2D eigenvalue weighted by Crippen LogP contribution is -2.21. The van der Waals surface area contributed by atoms with Crippen LogP contribution >= 0.6 is 0 Å². The summed E-state index contributed by atoms with van der Waals surface area (Å²) in [6, 6.07) is 8.22. The van der Waals surface area contributed by atoms with Crippen LogP contribution in [0.1, 0.15) is 25.0 Å². The fourth-order valence-corrected chi connectivity index (χ4v) is 1.34. The molecular formula is C13H17NO. The molecule has 0 unspecified atom stereocenters. The summed E-state index contributed by atoms with van der Waals surface area (Å²) < 4.78 is 0. The monoisotopic (exact) mass is 203 g/mol. The van der Waals surface area contributed by atoms with Crippen molar-refractivity contribution in [2.75, 3.05) is 0 Å². The van der Waals surface area contributed by atoms with Crippen molar-refractivity contribution in [1.29, 1.82) is 0 Å². The minimum Gasteiger partial charge on any atom is -0.315 e. The van der Waals surface area contributed by atoms with E-state index in [-0.39, 0.29) is 5.91 Å². The number of hydrogen-bond donors (Lipinski definition) is 0. The van der Waals surface area contributed by atoms with E-state index in [9.17, 15) is 4.79 Å². The van der Waals surface area contributed by atoms with Gasteiger partial charge in [-0.3, -0.25) is 4.79 Å². The van der Waals surface area contributed by atoms with Gasteiger partial charge in [-0.15, -0.1) is 0 Å². The van der Waals surface area contributed by atoms with Gasteiger partial charge in [0.2, 0.25) is 5.91 Å². The number of rotatable bonds is 3. The normalized spacial score (nSPS) is 10.6. The van der Waals surface area contributed by atoms with E-state index >= 15 is 0 Å². The highest BCUT2D eigenvalue weighted by atomic mass is 16.2. The summed E-state index contributed by atoms with van der Waals surface area (Å²) >= 11 is 0. The van der Waals surface area contributed by atoms with Gasteiger partial charge in [0, 0.05) is 13.1 Å². The number of benzene rings is 1. The molecule has 0 spiro atoms. The predicted octanol–water partition coefficient (Wildman–Crippen LogP) is 2.88. The van der Waals surface area contributed by atoms with Crippen molar-refractivity contribution in [1.82, 2.24) is 4.90 Å². The van der Waals surface area contributed by atoms with Crippen LogP contribution < -0.4 is 0 Å². The predicted molar refractivity (Wildman–Crippen MR) is 62.2 cm³/mol. The summed E-state index contributed by atoms with van der Waals surface area (Å²) in [5.41, 5.74) is 2.38. The molecule has 2 nitrogen and oxygen atoms in total. The van der Waals surface area contributed by atoms with Crippen molar-refractivity contribution < 1.29 is 4.79 Å². The summed E-state index contributed by atoms with van der Waals surface area (Å²) in [5.74, 6) is 0.0636. The van der Waals surface area contributed by atoms with Crippen LogP contribution in [-0.4, -0.2) is 10.8 Å². The number of carbonyl (C=O) groups excluding carboxylic acids is 1. The molecule has 0 atom stereocenters. The fourth-order valence-electron chi connectivity index (χ4n) is 1.34. The number of nitrogens with zero attached hydrogens (tertiary/aromatic N) is 1. The van der Waals surface area contributed by atoms with Gasteiger partial charge in [0.25, 0.3) is 0 Å². The smallest absolute Gasteiger partial charge is 0.223 e. The van der Waals surface area contributed by atoms with Gasteiger partial charge in [-0.1, -0.05) is 35.9 Å². The van der Waals surface area contributed by atoms with E-state index in [2.05, 4.69) is 31.2 Å². The molecule has 0 aromatic heterocycles. The third-order valence-corrected chi connectivity index (χ3v) is 2.21. The molecule has 0 aliphatic carbocycles. The molecule has 1 aromatic rings. The standard InChI is InChI=1S/C13H17NO/c1-4-9-14(12(3)15)10-13-7-5-11(2)6-8-13/h4-9H,10H2,1-3H3. The molecule has 1 amide bonds. The minimum absolute atomic E-state index is 0.0636. The van der Waals surface area contributed by atoms with Crippen molar-refractivity contribution >= 4 is 5.91 Å². The van der Waals surface area contributed by atoms with Gasteiger partial charge in [-0.2, -0.15) is 0 Å². The first kappa shape index (κ1) is 11.5. The lowest BCUT2D eigenvalue weighted by Gasteiger charge is -2.16. The Balaban J connectivity index is 2.74. The molecule has 0 aliphatic heterocycles. The summed E-state index contributed by atoms with van der Waals surface area (Å²) in [6.07, 6.45) is 3.68. The fraction of sp³-hybridized carbons (Fsp3) is 0.308. The summed E-state index contributed by atoms with van der Waals surface area (Å²) in [7, 11) is 0. The van der Waals surface area contributed by atoms with Crippen LogP contribution in [0, 0.1) is 6.92 Å². The highest BCUT2D eigenvalue weighted by Crippen LogP contribution is 2.07. The topological polar surface area (TPSA) is 20.3 Å². The van der Waals surface area contributed by atoms with Crippen molar-refractivity contribution in [2.45, 2.75) is 27.3 Å². The van der Waals surface area contributed by atoms with Gasteiger partial charge < -0.3 is 4.90 Å². The van der Waals surface area contributed by atoms with Crippen LogP contribution in [0.25, 0.3) is 0 Å². The van der Waals surface area contributed by atoms with E-state index in [0.717, 1.165) is 5.56 Å². The zero-order valence-corrected chi connectivity index (χ0v) is 9.53. The summed E-state index contributed by atoms with van der Waals surface area (Å²) in [6.45, 7) is 6.18. The Hall–Kier alpha value is -1.57. The van der Waals surface area contributed by atoms with Crippen molar-refractivity contribution in [3.63, 3.8) is 0 Å². The number of aryl methyl sites for hydroxylation is 1. The largest absolute Gasteiger partial charge is 0.315 e. The summed E-state index contributed by atoms with van der Waals surface area (Å²) in [4.78, 5) is 13.0. The van der Waals surface area contributed by atoms with E-state index in [4.69, 9.17) is 0 Å². The molecule has 15 heavy (non-hydrogen) atoms. The first-order valence-corrected chi connectivity index (χ1v) is 5.09. The van der Waals surface area contributed by atoms with Crippen LogP contribution in [-0.2, 0) is 11.3 Å². The maximum absolute atomic E-state index is 11.3. The third kappa shape index (κ3) is 3.58. The second kappa shape index (κ2) is 5.35. The molecular weight excluding hydrogens is 186 g/mol. The van der Waals surface area contributed by atoms with E-state index in [1.54, 1.807) is 11.8 Å². The lowest BCUT2D eigenvalue weighted by molar-refractivity contribution is -0.126. The first-order valence-electron chi connectivity index (χ1n) is 5.09. The van der Waals surface area contributed by atoms with Gasteiger partial charge in [0.1, 0.15) is 0 Å². The molecule has 0 aliphatic rings. The molecule has 1 rings (SSSR count). The van der Waals surface area contributed by atoms with Gasteiger partial charge in [0.15, 0.2) is 0 Å². The molecule has 0 saturated carbocycles. The SMILES string of the molecule is CC=CN(Cc1ccc(C)cc1)C(C)=O. The Morgan fingerprint density at radius 2 is 1.93 bits per heavy atom. The summed E-state index contributed by atoms with van der Waals surface area (Å²) in [5, 5.41) is 0. The molecule has 0 heterocycles. The number of carbonyl (C=O) groups is 1. The second-order valence-corrected chi connectivity index (χ2v) is 3.61. The molecule has 2 heteroatoms. The second-order valence-electron chi connectivity index (χ2n) is 3.61. The van der Waals surface area contributed by atoms with Gasteiger partial charge >= 0.3 is 0 Å². The average Bonchev–Trinajstić information content (AvgIpc) is 2.20. The quantitative estimate of drug-likeness (QED) is 0.739. The highest BCUT2D eigenvalue weighted by molar-refractivity contribution is 5.74. The molecule has 1 aromatic carbocycles. The molecule has 0 saturated heterocycles. The van der Waals surface area contributed by atoms with E-state index in [1.165, 1.54) is 5.56 Å². The maximum Gasteiger partial charge on any atom is 0.223 e. The molecule has 80 valence electrons. The van der Waals surface area contributed by atoms with Crippen LogP contribution in [0.3, 0.4) is 0 Å². The van der Waals surface area contributed by atoms with Gasteiger partial charge in [-0.05, 0) is 19.4 Å². The van der Waals surface area contributed by atoms with E-state index in [1.807, 2.05) is 19.2 Å². The number of amides is 1. The van der Waals surface area contributed by atoms with Crippen molar-refractivity contribution in [3.8, 4) is 0 Å².